The van der Waals surface area contributed by atoms with Gasteiger partial charge in [0.25, 0.3) is 0 Å². The maximum Gasteiger partial charge on any atom is 0.231 e. The largest absolute Gasteiger partial charge is 0.454 e. The topological polar surface area (TPSA) is 39.7 Å². The number of hydrogen-bond acceptors (Lipinski definition) is 4. The Bertz CT molecular complexity index is 536. The Morgan fingerprint density at radius 3 is 2.71 bits per heavy atom. The second-order valence-corrected chi connectivity index (χ2v) is 6.33. The second-order valence-electron chi connectivity index (χ2n) is 5.92. The third kappa shape index (κ3) is 2.44. The van der Waals surface area contributed by atoms with Crippen LogP contribution in [0.5, 0.6) is 11.5 Å². The number of halogens is 1. The Hall–Kier alpha value is -1.13. The predicted octanol–water partition coefficient (Wildman–Crippen LogP) is 4.07. The van der Waals surface area contributed by atoms with Crippen LogP contribution in [0.4, 0.5) is 5.69 Å². The first-order valence-electron chi connectivity index (χ1n) is 7.55. The van der Waals surface area contributed by atoms with E-state index in [0.717, 1.165) is 30.9 Å². The quantitative estimate of drug-likeness (QED) is 0.889. The summed E-state index contributed by atoms with van der Waals surface area (Å²) in [5.74, 6) is 1.46. The average molecular weight is 312 g/mol. The van der Waals surface area contributed by atoms with E-state index in [-0.39, 0.29) is 12.2 Å². The first-order chi connectivity index (χ1) is 10.1. The summed E-state index contributed by atoms with van der Waals surface area (Å²) in [6.07, 6.45) is 2.39. The number of nitrogens with one attached hydrogen (secondary N) is 1. The molecule has 1 aliphatic heterocycles. The molecule has 1 fully saturated rings. The van der Waals surface area contributed by atoms with E-state index in [4.69, 9.17) is 25.8 Å². The summed E-state index contributed by atoms with van der Waals surface area (Å²) in [4.78, 5) is 0. The van der Waals surface area contributed by atoms with Gasteiger partial charge in [0.15, 0.2) is 11.5 Å². The van der Waals surface area contributed by atoms with E-state index in [0.29, 0.717) is 22.9 Å². The van der Waals surface area contributed by atoms with Gasteiger partial charge in [-0.1, -0.05) is 25.4 Å². The molecular weight excluding hydrogens is 290 g/mol. The van der Waals surface area contributed by atoms with Crippen molar-refractivity contribution in [2.75, 3.05) is 18.7 Å². The van der Waals surface area contributed by atoms with E-state index in [1.54, 1.807) is 0 Å². The summed E-state index contributed by atoms with van der Waals surface area (Å²) >= 11 is 6.34. The third-order valence-corrected chi connectivity index (χ3v) is 5.22. The van der Waals surface area contributed by atoms with E-state index < -0.39 is 0 Å². The Morgan fingerprint density at radius 1 is 1.33 bits per heavy atom. The number of hydrogen-bond donors (Lipinski definition) is 1. The zero-order valence-electron chi connectivity index (χ0n) is 12.7. The molecule has 1 aromatic rings. The van der Waals surface area contributed by atoms with Crippen molar-refractivity contribution in [3.05, 3.63) is 17.2 Å². The van der Waals surface area contributed by atoms with Gasteiger partial charge in [-0.2, -0.15) is 0 Å². The number of rotatable bonds is 5. The lowest BCUT2D eigenvalue weighted by Crippen LogP contribution is -2.59. The van der Waals surface area contributed by atoms with Gasteiger partial charge in [0.1, 0.15) is 0 Å². The Kier molecular flexibility index (Phi) is 3.93. The van der Waals surface area contributed by atoms with E-state index in [1.807, 2.05) is 19.1 Å². The minimum Gasteiger partial charge on any atom is -0.454 e. The van der Waals surface area contributed by atoms with Crippen LogP contribution >= 0.6 is 11.6 Å². The van der Waals surface area contributed by atoms with E-state index in [2.05, 4.69) is 19.2 Å². The summed E-state index contributed by atoms with van der Waals surface area (Å²) < 4.78 is 16.6. The van der Waals surface area contributed by atoms with Crippen LogP contribution in [0.3, 0.4) is 0 Å². The second kappa shape index (κ2) is 5.58. The summed E-state index contributed by atoms with van der Waals surface area (Å²) in [7, 11) is 0. The molecule has 1 N–H and O–H groups in total. The maximum atomic E-state index is 6.34. The normalized spacial score (nSPS) is 30.1. The smallest absolute Gasteiger partial charge is 0.231 e. The molecule has 0 saturated heterocycles. The van der Waals surface area contributed by atoms with Crippen molar-refractivity contribution in [1.29, 1.82) is 0 Å². The molecule has 1 heterocycles. The van der Waals surface area contributed by atoms with Gasteiger partial charge in [-0.15, -0.1) is 0 Å². The Morgan fingerprint density at radius 2 is 2.05 bits per heavy atom. The highest BCUT2D eigenvalue weighted by Crippen LogP contribution is 2.48. The summed E-state index contributed by atoms with van der Waals surface area (Å²) in [5.41, 5.74) is 1.04. The molecule has 3 unspecified atom stereocenters. The average Bonchev–Trinajstić information content (AvgIpc) is 2.92. The highest BCUT2D eigenvalue weighted by molar-refractivity contribution is 6.33. The molecule has 5 heteroatoms. The van der Waals surface area contributed by atoms with Gasteiger partial charge in [-0.3, -0.25) is 0 Å². The van der Waals surface area contributed by atoms with Crippen LogP contribution in [0.25, 0.3) is 0 Å². The van der Waals surface area contributed by atoms with E-state index in [9.17, 15) is 0 Å². The molecule has 21 heavy (non-hydrogen) atoms. The molecule has 0 bridgehead atoms. The van der Waals surface area contributed by atoms with Crippen LogP contribution in [0.1, 0.15) is 33.6 Å². The molecule has 3 atom stereocenters. The lowest BCUT2D eigenvalue weighted by Gasteiger charge is -2.54. The van der Waals surface area contributed by atoms with Crippen molar-refractivity contribution in [3.63, 3.8) is 0 Å². The zero-order chi connectivity index (χ0) is 15.0. The van der Waals surface area contributed by atoms with Crippen molar-refractivity contribution < 1.29 is 14.2 Å². The van der Waals surface area contributed by atoms with Gasteiger partial charge >= 0.3 is 0 Å². The lowest BCUT2D eigenvalue weighted by atomic mass is 9.61. The van der Waals surface area contributed by atoms with Gasteiger partial charge in [-0.25, -0.2) is 0 Å². The van der Waals surface area contributed by atoms with Crippen molar-refractivity contribution in [3.8, 4) is 11.5 Å². The molecule has 4 nitrogen and oxygen atoms in total. The summed E-state index contributed by atoms with van der Waals surface area (Å²) in [5, 5.41) is 4.22. The van der Waals surface area contributed by atoms with Crippen LogP contribution < -0.4 is 14.8 Å². The standard InChI is InChI=1S/C16H22ClNO3/c1-4-16(3)14(8-15(16)19-5-2)18-11-7-13-12(6-10(11)17)20-9-21-13/h6-7,14-15,18H,4-5,8-9H2,1-3H3. The fourth-order valence-corrected chi connectivity index (χ4v) is 3.40. The maximum absolute atomic E-state index is 6.34. The highest BCUT2D eigenvalue weighted by Gasteiger charge is 2.51. The van der Waals surface area contributed by atoms with Gasteiger partial charge in [0.05, 0.1) is 16.8 Å². The molecule has 1 aromatic carbocycles. The minimum atomic E-state index is 0.135. The SMILES string of the molecule is CCOC1CC(Nc2cc3c(cc2Cl)OCO3)C1(C)CC. The molecule has 0 spiro atoms. The fourth-order valence-electron chi connectivity index (χ4n) is 3.19. The summed E-state index contributed by atoms with van der Waals surface area (Å²) in [6.45, 7) is 7.55. The highest BCUT2D eigenvalue weighted by atomic mass is 35.5. The summed E-state index contributed by atoms with van der Waals surface area (Å²) in [6, 6.07) is 4.10. The predicted molar refractivity (Wildman–Crippen MR) is 83.4 cm³/mol. The molecular formula is C16H22ClNO3. The molecule has 3 rings (SSSR count). The molecule has 0 radical (unpaired) electrons. The third-order valence-electron chi connectivity index (χ3n) is 4.90. The molecule has 2 aliphatic rings. The van der Waals surface area contributed by atoms with Gasteiger partial charge in [0.2, 0.25) is 6.79 Å². The molecule has 116 valence electrons. The molecule has 0 aromatic heterocycles. The Labute approximate surface area is 130 Å². The first kappa shape index (κ1) is 14.8. The van der Waals surface area contributed by atoms with Crippen LogP contribution in [-0.4, -0.2) is 25.5 Å². The number of benzene rings is 1. The van der Waals surface area contributed by atoms with Crippen LogP contribution in [-0.2, 0) is 4.74 Å². The zero-order valence-corrected chi connectivity index (χ0v) is 13.5. The van der Waals surface area contributed by atoms with Crippen LogP contribution in [0.15, 0.2) is 12.1 Å². The van der Waals surface area contributed by atoms with Gasteiger partial charge in [-0.05, 0) is 19.8 Å². The van der Waals surface area contributed by atoms with Gasteiger partial charge in [0, 0.05) is 30.2 Å². The molecule has 1 aliphatic carbocycles. The molecule has 1 saturated carbocycles. The van der Waals surface area contributed by atoms with E-state index in [1.165, 1.54) is 0 Å². The number of ether oxygens (including phenoxy) is 3. The van der Waals surface area contributed by atoms with Crippen LogP contribution in [0, 0.1) is 5.41 Å². The first-order valence-corrected chi connectivity index (χ1v) is 7.93. The minimum absolute atomic E-state index is 0.135. The molecule has 0 amide bonds. The van der Waals surface area contributed by atoms with Crippen molar-refractivity contribution in [2.24, 2.45) is 5.41 Å². The van der Waals surface area contributed by atoms with Crippen molar-refractivity contribution in [1.82, 2.24) is 0 Å². The van der Waals surface area contributed by atoms with Crippen molar-refractivity contribution in [2.45, 2.75) is 45.8 Å². The lowest BCUT2D eigenvalue weighted by molar-refractivity contribution is -0.109. The van der Waals surface area contributed by atoms with Crippen LogP contribution in [0.2, 0.25) is 5.02 Å². The monoisotopic (exact) mass is 311 g/mol. The number of anilines is 1. The van der Waals surface area contributed by atoms with E-state index >= 15 is 0 Å². The van der Waals surface area contributed by atoms with Crippen molar-refractivity contribution >= 4 is 17.3 Å². The Balaban J connectivity index is 1.76. The number of fused-ring (bicyclic) bond motifs is 1. The van der Waals surface area contributed by atoms with Gasteiger partial charge < -0.3 is 19.5 Å². The fraction of sp³-hybridized carbons (Fsp3) is 0.625.